The molecular weight excluding hydrogens is 320 g/mol. The van der Waals surface area contributed by atoms with Crippen LogP contribution in [0.5, 0.6) is 0 Å². The molecule has 1 atom stereocenters. The number of thioether (sulfide) groups is 1. The average Bonchev–Trinajstić information content (AvgIpc) is 2.86. The largest absolute Gasteiger partial charge is 0.466 e. The number of carbonyl (C=O) groups excluding carboxylic acids is 1. The van der Waals surface area contributed by atoms with Crippen molar-refractivity contribution in [1.29, 1.82) is 0 Å². The lowest BCUT2D eigenvalue weighted by Gasteiger charge is -2.30. The number of hydrogen-bond donors (Lipinski definition) is 1. The first kappa shape index (κ1) is 16.8. The zero-order valence-electron chi connectivity index (χ0n) is 14.3. The number of carbonyl (C=O) groups is 1. The van der Waals surface area contributed by atoms with Gasteiger partial charge in [-0.3, -0.25) is 9.79 Å². The third-order valence-electron chi connectivity index (χ3n) is 4.45. The molecule has 0 amide bonds. The monoisotopic (exact) mass is 342 g/mol. The highest BCUT2D eigenvalue weighted by Crippen LogP contribution is 2.35. The van der Waals surface area contributed by atoms with E-state index in [1.807, 2.05) is 32.0 Å². The number of Topliss-reactive ketones (excluding diaryl/α,β-unsaturated/α-hetero) is 1. The van der Waals surface area contributed by atoms with E-state index in [-0.39, 0.29) is 11.3 Å². The Morgan fingerprint density at radius 2 is 2.17 bits per heavy atom. The predicted octanol–water partition coefficient (Wildman–Crippen LogP) is 3.99. The molecule has 3 rings (SSSR count). The molecule has 0 spiro atoms. The Morgan fingerprint density at radius 1 is 1.38 bits per heavy atom. The standard InChI is InChI=1S/C19H22N2O2S/c1-12-9-16(13(2)23-12)17(22)11-14-5-4-6-15(10-14)19(3)7-8-24-18(20)21-19/h4-6,9-10H,7-8,11H2,1-3H3,(H2,20,21)/t19-/m0/s1. The molecule has 0 aliphatic carbocycles. The summed E-state index contributed by atoms with van der Waals surface area (Å²) in [5.74, 6) is 2.49. The van der Waals surface area contributed by atoms with Crippen LogP contribution in [0.4, 0.5) is 0 Å². The van der Waals surface area contributed by atoms with Crippen LogP contribution in [0.2, 0.25) is 0 Å². The Bertz CT molecular complexity index is 809. The number of rotatable bonds is 4. The van der Waals surface area contributed by atoms with Crippen molar-refractivity contribution in [3.8, 4) is 0 Å². The van der Waals surface area contributed by atoms with E-state index in [2.05, 4.69) is 24.0 Å². The van der Waals surface area contributed by atoms with E-state index in [0.717, 1.165) is 29.1 Å². The third kappa shape index (κ3) is 3.41. The Hall–Kier alpha value is -2.01. The lowest BCUT2D eigenvalue weighted by molar-refractivity contribution is 0.0991. The van der Waals surface area contributed by atoms with Gasteiger partial charge in [-0.15, -0.1) is 0 Å². The van der Waals surface area contributed by atoms with Gasteiger partial charge < -0.3 is 10.2 Å². The normalized spacial score (nSPS) is 20.7. The number of amidine groups is 1. The Morgan fingerprint density at radius 3 is 2.83 bits per heavy atom. The number of furan rings is 1. The van der Waals surface area contributed by atoms with E-state index in [0.29, 0.717) is 22.9 Å². The van der Waals surface area contributed by atoms with E-state index in [1.54, 1.807) is 11.8 Å². The van der Waals surface area contributed by atoms with Crippen molar-refractivity contribution in [2.24, 2.45) is 10.7 Å². The minimum absolute atomic E-state index is 0.0777. The third-order valence-corrected chi connectivity index (χ3v) is 5.25. The van der Waals surface area contributed by atoms with Crippen LogP contribution in [0.15, 0.2) is 39.7 Å². The van der Waals surface area contributed by atoms with Crippen LogP contribution in [0, 0.1) is 13.8 Å². The van der Waals surface area contributed by atoms with Crippen molar-refractivity contribution in [2.45, 2.75) is 39.2 Å². The molecule has 1 aliphatic heterocycles. The minimum atomic E-state index is -0.309. The average molecular weight is 342 g/mol. The molecule has 1 aromatic heterocycles. The number of aryl methyl sites for hydroxylation is 2. The fourth-order valence-corrected chi connectivity index (χ4v) is 4.07. The number of benzene rings is 1. The molecule has 2 aromatic rings. The van der Waals surface area contributed by atoms with Crippen molar-refractivity contribution < 1.29 is 9.21 Å². The Balaban J connectivity index is 1.85. The summed E-state index contributed by atoms with van der Waals surface area (Å²) in [7, 11) is 0. The van der Waals surface area contributed by atoms with E-state index >= 15 is 0 Å². The van der Waals surface area contributed by atoms with Gasteiger partial charge in [0.05, 0.1) is 11.1 Å². The van der Waals surface area contributed by atoms with Gasteiger partial charge in [-0.05, 0) is 44.4 Å². The number of hydrogen-bond acceptors (Lipinski definition) is 5. The van der Waals surface area contributed by atoms with Crippen LogP contribution in [-0.2, 0) is 12.0 Å². The second kappa shape index (κ2) is 6.48. The zero-order chi connectivity index (χ0) is 17.3. The summed E-state index contributed by atoms with van der Waals surface area (Å²) >= 11 is 1.59. The molecule has 0 radical (unpaired) electrons. The summed E-state index contributed by atoms with van der Waals surface area (Å²) in [6.07, 6.45) is 1.30. The van der Waals surface area contributed by atoms with Gasteiger partial charge in [0.2, 0.25) is 0 Å². The molecule has 1 aromatic carbocycles. The maximum atomic E-state index is 12.6. The van der Waals surface area contributed by atoms with Gasteiger partial charge >= 0.3 is 0 Å². The number of aliphatic imine (C=N–C) groups is 1. The lowest BCUT2D eigenvalue weighted by atomic mass is 9.88. The summed E-state index contributed by atoms with van der Waals surface area (Å²) in [5, 5.41) is 0.634. The highest BCUT2D eigenvalue weighted by Gasteiger charge is 2.29. The fourth-order valence-electron chi connectivity index (χ4n) is 3.10. The predicted molar refractivity (Wildman–Crippen MR) is 98.7 cm³/mol. The van der Waals surface area contributed by atoms with Gasteiger partial charge in [-0.1, -0.05) is 36.0 Å². The minimum Gasteiger partial charge on any atom is -0.466 e. The van der Waals surface area contributed by atoms with Crippen LogP contribution in [-0.4, -0.2) is 16.7 Å². The smallest absolute Gasteiger partial charge is 0.170 e. The first-order valence-electron chi connectivity index (χ1n) is 8.05. The van der Waals surface area contributed by atoms with Gasteiger partial charge in [0, 0.05) is 12.2 Å². The Labute approximate surface area is 146 Å². The molecule has 2 heterocycles. The van der Waals surface area contributed by atoms with Gasteiger partial charge in [0.25, 0.3) is 0 Å². The number of nitrogens with zero attached hydrogens (tertiary/aromatic N) is 1. The second-order valence-corrected chi connectivity index (χ2v) is 7.56. The van der Waals surface area contributed by atoms with Gasteiger partial charge in [0.1, 0.15) is 11.5 Å². The van der Waals surface area contributed by atoms with Crippen LogP contribution in [0.1, 0.15) is 46.3 Å². The molecular formula is C19H22N2O2S. The van der Waals surface area contributed by atoms with Crippen LogP contribution in [0.3, 0.4) is 0 Å². The summed E-state index contributed by atoms with van der Waals surface area (Å²) < 4.78 is 5.47. The summed E-state index contributed by atoms with van der Waals surface area (Å²) in [5.41, 5.74) is 8.37. The maximum absolute atomic E-state index is 12.6. The van der Waals surface area contributed by atoms with Crippen LogP contribution in [0.25, 0.3) is 0 Å². The van der Waals surface area contributed by atoms with Crippen molar-refractivity contribution in [3.05, 3.63) is 58.5 Å². The van der Waals surface area contributed by atoms with Gasteiger partial charge in [-0.25, -0.2) is 0 Å². The second-order valence-electron chi connectivity index (χ2n) is 6.45. The molecule has 1 aliphatic rings. The molecule has 0 saturated carbocycles. The lowest BCUT2D eigenvalue weighted by Crippen LogP contribution is -2.28. The molecule has 4 nitrogen and oxygen atoms in total. The summed E-state index contributed by atoms with van der Waals surface area (Å²) in [4.78, 5) is 17.2. The van der Waals surface area contributed by atoms with Crippen LogP contribution >= 0.6 is 11.8 Å². The van der Waals surface area contributed by atoms with Crippen molar-refractivity contribution >= 4 is 22.7 Å². The van der Waals surface area contributed by atoms with E-state index in [1.165, 1.54) is 0 Å². The number of nitrogens with two attached hydrogens (primary N) is 1. The molecule has 5 heteroatoms. The summed E-state index contributed by atoms with van der Waals surface area (Å²) in [6, 6.07) is 9.93. The van der Waals surface area contributed by atoms with E-state index < -0.39 is 0 Å². The van der Waals surface area contributed by atoms with Crippen molar-refractivity contribution in [2.75, 3.05) is 5.75 Å². The maximum Gasteiger partial charge on any atom is 0.170 e. The van der Waals surface area contributed by atoms with Crippen molar-refractivity contribution in [1.82, 2.24) is 0 Å². The van der Waals surface area contributed by atoms with Crippen LogP contribution < -0.4 is 5.73 Å². The van der Waals surface area contributed by atoms with Gasteiger partial charge in [0.15, 0.2) is 11.0 Å². The molecule has 0 saturated heterocycles. The van der Waals surface area contributed by atoms with E-state index in [9.17, 15) is 4.79 Å². The summed E-state index contributed by atoms with van der Waals surface area (Å²) in [6.45, 7) is 5.79. The van der Waals surface area contributed by atoms with Crippen molar-refractivity contribution in [3.63, 3.8) is 0 Å². The highest BCUT2D eigenvalue weighted by atomic mass is 32.2. The molecule has 24 heavy (non-hydrogen) atoms. The van der Waals surface area contributed by atoms with Gasteiger partial charge in [-0.2, -0.15) is 0 Å². The highest BCUT2D eigenvalue weighted by molar-refractivity contribution is 8.13. The first-order valence-corrected chi connectivity index (χ1v) is 9.04. The fraction of sp³-hybridized carbons (Fsp3) is 0.368. The SMILES string of the molecule is Cc1cc(C(=O)Cc2cccc([C@]3(C)CCSC(N)=N3)c2)c(C)o1. The molecule has 126 valence electrons. The van der Waals surface area contributed by atoms with E-state index in [4.69, 9.17) is 10.2 Å². The quantitative estimate of drug-likeness (QED) is 0.853. The first-order chi connectivity index (χ1) is 11.4. The molecule has 0 unspecified atom stereocenters. The Kier molecular flexibility index (Phi) is 4.54. The molecule has 0 bridgehead atoms. The topological polar surface area (TPSA) is 68.6 Å². The zero-order valence-corrected chi connectivity index (χ0v) is 15.1. The molecule has 0 fully saturated rings. The molecule has 2 N–H and O–H groups in total. The number of ketones is 1.